The van der Waals surface area contributed by atoms with Crippen molar-refractivity contribution in [3.63, 3.8) is 0 Å². The minimum Gasteiger partial charge on any atom is -0.469 e. The van der Waals surface area contributed by atoms with Crippen molar-refractivity contribution in [1.82, 2.24) is 0 Å². The normalized spacial score (nSPS) is 14.6. The smallest absolute Gasteiger partial charge is 0.106 e. The van der Waals surface area contributed by atoms with Crippen LogP contribution >= 0.6 is 0 Å². The van der Waals surface area contributed by atoms with Crippen LogP contribution in [0, 0.1) is 13.8 Å². The predicted molar refractivity (Wildman–Crippen MR) is 67.9 cm³/mol. The maximum absolute atomic E-state index is 10.5. The van der Waals surface area contributed by atoms with Crippen LogP contribution in [0.4, 0.5) is 0 Å². The predicted octanol–water partition coefficient (Wildman–Crippen LogP) is 3.35. The summed E-state index contributed by atoms with van der Waals surface area (Å²) >= 11 is 0. The fraction of sp³-hybridized carbons (Fsp3) is 0.333. The molecule has 90 valence electrons. The second kappa shape index (κ2) is 4.38. The third-order valence-electron chi connectivity index (χ3n) is 2.94. The molecule has 17 heavy (non-hydrogen) atoms. The molecule has 2 rings (SSSR count). The average Bonchev–Trinajstić information content (AvgIpc) is 2.68. The maximum Gasteiger partial charge on any atom is 0.106 e. The summed E-state index contributed by atoms with van der Waals surface area (Å²) in [6.45, 7) is 5.91. The van der Waals surface area contributed by atoms with Crippen LogP contribution in [0.25, 0.3) is 0 Å². The van der Waals surface area contributed by atoms with Gasteiger partial charge in [-0.1, -0.05) is 29.3 Å². The van der Waals surface area contributed by atoms with Gasteiger partial charge in [0, 0.05) is 6.42 Å². The Balaban J connectivity index is 2.30. The lowest BCUT2D eigenvalue weighted by atomic mass is 9.89. The molecule has 2 heteroatoms. The Labute approximate surface area is 102 Å². The van der Waals surface area contributed by atoms with Crippen LogP contribution in [0.15, 0.2) is 41.0 Å². The summed E-state index contributed by atoms with van der Waals surface area (Å²) in [7, 11) is 0. The van der Waals surface area contributed by atoms with Crippen molar-refractivity contribution in [2.75, 3.05) is 0 Å². The van der Waals surface area contributed by atoms with E-state index in [4.69, 9.17) is 4.42 Å². The van der Waals surface area contributed by atoms with E-state index in [1.54, 1.807) is 6.26 Å². The highest BCUT2D eigenvalue weighted by Gasteiger charge is 2.25. The zero-order chi connectivity index (χ0) is 12.5. The van der Waals surface area contributed by atoms with Crippen molar-refractivity contribution in [2.24, 2.45) is 0 Å². The number of hydrogen-bond acceptors (Lipinski definition) is 2. The monoisotopic (exact) mass is 230 g/mol. The Hall–Kier alpha value is -1.54. The van der Waals surface area contributed by atoms with Gasteiger partial charge >= 0.3 is 0 Å². The van der Waals surface area contributed by atoms with Gasteiger partial charge in [0.2, 0.25) is 0 Å². The van der Waals surface area contributed by atoms with Gasteiger partial charge in [-0.3, -0.25) is 0 Å². The van der Waals surface area contributed by atoms with Gasteiger partial charge in [0.1, 0.15) is 5.76 Å². The summed E-state index contributed by atoms with van der Waals surface area (Å²) < 4.78 is 5.29. The fourth-order valence-electron chi connectivity index (χ4n) is 2.14. The molecule has 1 aromatic heterocycles. The van der Waals surface area contributed by atoms with Crippen LogP contribution in [-0.4, -0.2) is 5.11 Å². The van der Waals surface area contributed by atoms with Crippen LogP contribution < -0.4 is 0 Å². The first kappa shape index (κ1) is 11.9. The highest BCUT2D eigenvalue weighted by atomic mass is 16.3. The molecule has 0 spiro atoms. The number of aliphatic hydroxyl groups is 1. The summed E-state index contributed by atoms with van der Waals surface area (Å²) in [6.07, 6.45) is 2.12. The van der Waals surface area contributed by atoms with Crippen LogP contribution in [0.1, 0.15) is 29.4 Å². The molecule has 1 aromatic carbocycles. The average molecular weight is 230 g/mol. The third kappa shape index (κ3) is 2.77. The van der Waals surface area contributed by atoms with Crippen LogP contribution in [-0.2, 0) is 12.0 Å². The maximum atomic E-state index is 10.5. The van der Waals surface area contributed by atoms with Crippen LogP contribution in [0.2, 0.25) is 0 Å². The van der Waals surface area contributed by atoms with E-state index >= 15 is 0 Å². The molecule has 0 aliphatic rings. The zero-order valence-electron chi connectivity index (χ0n) is 10.5. The van der Waals surface area contributed by atoms with Crippen molar-refractivity contribution in [3.8, 4) is 0 Å². The summed E-state index contributed by atoms with van der Waals surface area (Å²) in [4.78, 5) is 0. The summed E-state index contributed by atoms with van der Waals surface area (Å²) in [5, 5.41) is 10.5. The highest BCUT2D eigenvalue weighted by Crippen LogP contribution is 2.27. The van der Waals surface area contributed by atoms with Gasteiger partial charge in [0.05, 0.1) is 11.9 Å². The molecule has 0 saturated heterocycles. The van der Waals surface area contributed by atoms with Gasteiger partial charge in [-0.05, 0) is 38.5 Å². The van der Waals surface area contributed by atoms with Crippen LogP contribution in [0.5, 0.6) is 0 Å². The van der Waals surface area contributed by atoms with Crippen molar-refractivity contribution in [2.45, 2.75) is 32.8 Å². The first-order valence-corrected chi connectivity index (χ1v) is 5.81. The number of aryl methyl sites for hydroxylation is 2. The molecule has 1 N–H and O–H groups in total. The minimum absolute atomic E-state index is 0.489. The van der Waals surface area contributed by atoms with Gasteiger partial charge in [-0.2, -0.15) is 0 Å². The standard InChI is InChI=1S/C15H18O2/c1-11-7-12(2)9-13(8-11)15(3,16)10-14-5-4-6-17-14/h4-9,16H,10H2,1-3H3. The number of benzene rings is 1. The summed E-state index contributed by atoms with van der Waals surface area (Å²) in [6, 6.07) is 9.88. The molecule has 0 radical (unpaired) electrons. The first-order valence-electron chi connectivity index (χ1n) is 5.81. The number of rotatable bonds is 3. The second-order valence-corrected chi connectivity index (χ2v) is 4.91. The third-order valence-corrected chi connectivity index (χ3v) is 2.94. The van der Waals surface area contributed by atoms with E-state index in [0.29, 0.717) is 6.42 Å². The number of hydrogen-bond donors (Lipinski definition) is 1. The molecule has 0 aliphatic heterocycles. The summed E-state index contributed by atoms with van der Waals surface area (Å²) in [5.74, 6) is 0.800. The van der Waals surface area contributed by atoms with Crippen molar-refractivity contribution in [3.05, 3.63) is 59.0 Å². The zero-order valence-corrected chi connectivity index (χ0v) is 10.5. The molecule has 0 fully saturated rings. The molecule has 0 saturated carbocycles. The largest absolute Gasteiger partial charge is 0.469 e. The van der Waals surface area contributed by atoms with Gasteiger partial charge in [-0.15, -0.1) is 0 Å². The number of furan rings is 1. The van der Waals surface area contributed by atoms with Gasteiger partial charge < -0.3 is 9.52 Å². The van der Waals surface area contributed by atoms with Crippen LogP contribution in [0.3, 0.4) is 0 Å². The lowest BCUT2D eigenvalue weighted by molar-refractivity contribution is 0.0520. The Morgan fingerprint density at radius 2 is 1.82 bits per heavy atom. The molecule has 2 nitrogen and oxygen atoms in total. The molecular weight excluding hydrogens is 212 g/mol. The van der Waals surface area contributed by atoms with E-state index < -0.39 is 5.60 Å². The van der Waals surface area contributed by atoms with Crippen molar-refractivity contribution >= 4 is 0 Å². The molecule has 0 aliphatic carbocycles. The quantitative estimate of drug-likeness (QED) is 0.877. The summed E-state index contributed by atoms with van der Waals surface area (Å²) in [5.41, 5.74) is 2.38. The second-order valence-electron chi connectivity index (χ2n) is 4.91. The SMILES string of the molecule is Cc1cc(C)cc(C(C)(O)Cc2ccco2)c1. The van der Waals surface area contributed by atoms with Crippen molar-refractivity contribution in [1.29, 1.82) is 0 Å². The fourth-order valence-corrected chi connectivity index (χ4v) is 2.14. The molecule has 1 heterocycles. The highest BCUT2D eigenvalue weighted by molar-refractivity contribution is 5.32. The molecule has 1 unspecified atom stereocenters. The van der Waals surface area contributed by atoms with E-state index in [1.807, 2.05) is 45.0 Å². The molecule has 0 bridgehead atoms. The Bertz CT molecular complexity index is 475. The van der Waals surface area contributed by atoms with E-state index in [0.717, 1.165) is 11.3 Å². The van der Waals surface area contributed by atoms with E-state index in [-0.39, 0.29) is 0 Å². The van der Waals surface area contributed by atoms with Crippen molar-refractivity contribution < 1.29 is 9.52 Å². The Morgan fingerprint density at radius 3 is 2.35 bits per heavy atom. The minimum atomic E-state index is -0.894. The van der Waals surface area contributed by atoms with Gasteiger partial charge in [-0.25, -0.2) is 0 Å². The Kier molecular flexibility index (Phi) is 3.07. The first-order chi connectivity index (χ1) is 7.97. The van der Waals surface area contributed by atoms with E-state index in [2.05, 4.69) is 6.07 Å². The molecule has 0 amide bonds. The van der Waals surface area contributed by atoms with Gasteiger partial charge in [0.15, 0.2) is 0 Å². The van der Waals surface area contributed by atoms with E-state index in [1.165, 1.54) is 11.1 Å². The lowest BCUT2D eigenvalue weighted by Crippen LogP contribution is -2.24. The molecular formula is C15H18O2. The van der Waals surface area contributed by atoms with Gasteiger partial charge in [0.25, 0.3) is 0 Å². The molecule has 1 atom stereocenters. The topological polar surface area (TPSA) is 33.4 Å². The van der Waals surface area contributed by atoms with E-state index in [9.17, 15) is 5.11 Å². The Morgan fingerprint density at radius 1 is 1.18 bits per heavy atom. The lowest BCUT2D eigenvalue weighted by Gasteiger charge is -2.23. The molecule has 2 aromatic rings.